The van der Waals surface area contributed by atoms with Gasteiger partial charge < -0.3 is 15.0 Å². The fourth-order valence-electron chi connectivity index (χ4n) is 2.69. The van der Waals surface area contributed by atoms with Crippen molar-refractivity contribution in [2.45, 2.75) is 38.5 Å². The van der Waals surface area contributed by atoms with E-state index in [2.05, 4.69) is 10.3 Å². The Morgan fingerprint density at radius 2 is 2.27 bits per heavy atom. The van der Waals surface area contributed by atoms with Gasteiger partial charge in [0, 0.05) is 24.4 Å². The number of ether oxygens (including phenoxy) is 1. The molecule has 2 heterocycles. The SMILES string of the molecule is CCOC(=O)N1CCCC(C(=O)Nc2nc(C3CC3)cs2)C1. The van der Waals surface area contributed by atoms with Crippen molar-refractivity contribution in [3.05, 3.63) is 11.1 Å². The molecule has 1 aliphatic heterocycles. The summed E-state index contributed by atoms with van der Waals surface area (Å²) >= 11 is 1.48. The lowest BCUT2D eigenvalue weighted by atomic mass is 9.97. The molecule has 3 rings (SSSR count). The molecule has 1 atom stereocenters. The second-order valence-electron chi connectivity index (χ2n) is 5.83. The average Bonchev–Trinajstić information content (AvgIpc) is 3.28. The summed E-state index contributed by atoms with van der Waals surface area (Å²) in [7, 11) is 0. The van der Waals surface area contributed by atoms with E-state index in [9.17, 15) is 9.59 Å². The zero-order valence-electron chi connectivity index (χ0n) is 12.7. The number of likely N-dealkylation sites (tertiary alicyclic amines) is 1. The molecule has 1 N–H and O–H groups in total. The molecule has 1 aliphatic carbocycles. The summed E-state index contributed by atoms with van der Waals surface area (Å²) < 4.78 is 5.01. The van der Waals surface area contributed by atoms with Gasteiger partial charge in [-0.15, -0.1) is 11.3 Å². The lowest BCUT2D eigenvalue weighted by Gasteiger charge is -2.30. The maximum Gasteiger partial charge on any atom is 0.409 e. The van der Waals surface area contributed by atoms with Gasteiger partial charge in [-0.1, -0.05) is 0 Å². The molecule has 1 unspecified atom stereocenters. The third kappa shape index (κ3) is 3.58. The molecule has 0 bridgehead atoms. The van der Waals surface area contributed by atoms with Gasteiger partial charge in [-0.2, -0.15) is 0 Å². The summed E-state index contributed by atoms with van der Waals surface area (Å²) in [5.74, 6) is 0.355. The summed E-state index contributed by atoms with van der Waals surface area (Å²) in [6.45, 7) is 3.22. The van der Waals surface area contributed by atoms with Crippen LogP contribution < -0.4 is 5.32 Å². The summed E-state index contributed by atoms with van der Waals surface area (Å²) in [4.78, 5) is 30.2. The van der Waals surface area contributed by atoms with Crippen molar-refractivity contribution in [2.75, 3.05) is 25.0 Å². The molecular formula is C15H21N3O3S. The Morgan fingerprint density at radius 1 is 1.45 bits per heavy atom. The van der Waals surface area contributed by atoms with E-state index in [1.807, 2.05) is 5.38 Å². The van der Waals surface area contributed by atoms with Crippen LogP contribution in [0.25, 0.3) is 0 Å². The van der Waals surface area contributed by atoms with Crippen molar-refractivity contribution in [2.24, 2.45) is 5.92 Å². The Bertz CT molecular complexity index is 556. The number of carbonyl (C=O) groups excluding carboxylic acids is 2. The van der Waals surface area contributed by atoms with Crippen LogP contribution in [0.15, 0.2) is 5.38 Å². The molecule has 0 aromatic carbocycles. The maximum atomic E-state index is 12.4. The van der Waals surface area contributed by atoms with E-state index >= 15 is 0 Å². The molecule has 2 amide bonds. The highest BCUT2D eigenvalue weighted by molar-refractivity contribution is 7.13. The Hall–Kier alpha value is -1.63. The van der Waals surface area contributed by atoms with Gasteiger partial charge in [0.25, 0.3) is 0 Å². The minimum Gasteiger partial charge on any atom is -0.450 e. The zero-order chi connectivity index (χ0) is 15.5. The normalized spacial score (nSPS) is 21.5. The van der Waals surface area contributed by atoms with E-state index in [-0.39, 0.29) is 17.9 Å². The highest BCUT2D eigenvalue weighted by Gasteiger charge is 2.30. The van der Waals surface area contributed by atoms with Crippen LogP contribution in [0.5, 0.6) is 0 Å². The van der Waals surface area contributed by atoms with Crippen LogP contribution in [0.4, 0.5) is 9.93 Å². The Morgan fingerprint density at radius 3 is 3.00 bits per heavy atom. The highest BCUT2D eigenvalue weighted by atomic mass is 32.1. The molecular weight excluding hydrogens is 302 g/mol. The second-order valence-corrected chi connectivity index (χ2v) is 6.68. The fourth-order valence-corrected chi connectivity index (χ4v) is 3.48. The van der Waals surface area contributed by atoms with Crippen LogP contribution in [0.2, 0.25) is 0 Å². The van der Waals surface area contributed by atoms with Gasteiger partial charge in [0.1, 0.15) is 0 Å². The van der Waals surface area contributed by atoms with Gasteiger partial charge in [-0.25, -0.2) is 9.78 Å². The molecule has 1 saturated heterocycles. The van der Waals surface area contributed by atoms with Gasteiger partial charge in [0.2, 0.25) is 5.91 Å². The number of piperidine rings is 1. The molecule has 2 fully saturated rings. The van der Waals surface area contributed by atoms with Crippen LogP contribution in [0, 0.1) is 5.92 Å². The number of nitrogens with zero attached hydrogens (tertiary/aromatic N) is 2. The van der Waals surface area contributed by atoms with Crippen molar-refractivity contribution < 1.29 is 14.3 Å². The van der Waals surface area contributed by atoms with Crippen LogP contribution in [0.1, 0.15) is 44.2 Å². The van der Waals surface area contributed by atoms with Crippen LogP contribution in [0.3, 0.4) is 0 Å². The fraction of sp³-hybridized carbons (Fsp3) is 0.667. The summed E-state index contributed by atoms with van der Waals surface area (Å²) in [6, 6.07) is 0. The predicted molar refractivity (Wildman–Crippen MR) is 84.0 cm³/mol. The van der Waals surface area contributed by atoms with Crippen LogP contribution >= 0.6 is 11.3 Å². The number of anilines is 1. The maximum absolute atomic E-state index is 12.4. The van der Waals surface area contributed by atoms with Gasteiger partial charge >= 0.3 is 6.09 Å². The first kappa shape index (κ1) is 15.3. The quantitative estimate of drug-likeness (QED) is 0.925. The molecule has 7 heteroatoms. The van der Waals surface area contributed by atoms with Gasteiger partial charge in [0.15, 0.2) is 5.13 Å². The largest absolute Gasteiger partial charge is 0.450 e. The Kier molecular flexibility index (Phi) is 4.61. The number of carbonyl (C=O) groups is 2. The molecule has 0 radical (unpaired) electrons. The topological polar surface area (TPSA) is 71.5 Å². The first-order valence-corrected chi connectivity index (χ1v) is 8.73. The molecule has 1 aromatic rings. The highest BCUT2D eigenvalue weighted by Crippen LogP contribution is 2.40. The predicted octanol–water partition coefficient (Wildman–Crippen LogP) is 2.83. The smallest absolute Gasteiger partial charge is 0.409 e. The van der Waals surface area contributed by atoms with Crippen LogP contribution in [-0.2, 0) is 9.53 Å². The number of rotatable bonds is 4. The van der Waals surface area contributed by atoms with Gasteiger partial charge in [-0.05, 0) is 32.6 Å². The number of hydrogen-bond acceptors (Lipinski definition) is 5. The molecule has 2 aliphatic rings. The molecule has 6 nitrogen and oxygen atoms in total. The molecule has 120 valence electrons. The number of thiazole rings is 1. The third-order valence-corrected chi connectivity index (χ3v) is 4.84. The molecule has 22 heavy (non-hydrogen) atoms. The van der Waals surface area contributed by atoms with E-state index in [0.717, 1.165) is 18.5 Å². The van der Waals surface area contributed by atoms with Crippen molar-refractivity contribution in [1.82, 2.24) is 9.88 Å². The lowest BCUT2D eigenvalue weighted by Crippen LogP contribution is -2.44. The van der Waals surface area contributed by atoms with Crippen LogP contribution in [-0.4, -0.2) is 41.6 Å². The van der Waals surface area contributed by atoms with E-state index in [1.54, 1.807) is 11.8 Å². The summed E-state index contributed by atoms with van der Waals surface area (Å²) in [5.41, 5.74) is 1.09. The van der Waals surface area contributed by atoms with Crippen molar-refractivity contribution in [3.63, 3.8) is 0 Å². The number of aromatic nitrogens is 1. The van der Waals surface area contributed by atoms with E-state index in [4.69, 9.17) is 4.74 Å². The minimum absolute atomic E-state index is 0.0503. The first-order valence-electron chi connectivity index (χ1n) is 7.85. The zero-order valence-corrected chi connectivity index (χ0v) is 13.5. The monoisotopic (exact) mass is 323 g/mol. The Balaban J connectivity index is 1.55. The second kappa shape index (κ2) is 6.64. The first-order chi connectivity index (χ1) is 10.7. The van der Waals surface area contributed by atoms with E-state index < -0.39 is 0 Å². The number of nitrogens with one attached hydrogen (secondary N) is 1. The molecule has 1 aromatic heterocycles. The average molecular weight is 323 g/mol. The van der Waals surface area contributed by atoms with Crippen molar-refractivity contribution in [3.8, 4) is 0 Å². The summed E-state index contributed by atoms with van der Waals surface area (Å²) in [5, 5.41) is 5.59. The minimum atomic E-state index is -0.328. The van der Waals surface area contributed by atoms with E-state index in [1.165, 1.54) is 24.2 Å². The Labute approximate surface area is 133 Å². The molecule has 0 spiro atoms. The standard InChI is InChI=1S/C15H21N3O3S/c1-2-21-15(20)18-7-3-4-11(8-18)13(19)17-14-16-12(9-22-14)10-5-6-10/h9-11H,2-8H2,1H3,(H,16,17,19). The number of amides is 2. The van der Waals surface area contributed by atoms with Gasteiger partial charge in [0.05, 0.1) is 18.2 Å². The summed E-state index contributed by atoms with van der Waals surface area (Å²) in [6.07, 6.45) is 3.69. The van der Waals surface area contributed by atoms with Crippen molar-refractivity contribution in [1.29, 1.82) is 0 Å². The third-order valence-electron chi connectivity index (χ3n) is 4.07. The van der Waals surface area contributed by atoms with E-state index in [0.29, 0.717) is 30.7 Å². The number of hydrogen-bond donors (Lipinski definition) is 1. The molecule has 1 saturated carbocycles. The van der Waals surface area contributed by atoms with Gasteiger partial charge in [-0.3, -0.25) is 4.79 Å². The lowest BCUT2D eigenvalue weighted by molar-refractivity contribution is -0.121. The van der Waals surface area contributed by atoms with Crippen molar-refractivity contribution >= 4 is 28.5 Å².